The van der Waals surface area contributed by atoms with E-state index in [1.54, 1.807) is 10.9 Å². The normalized spacial score (nSPS) is 11.9. The van der Waals surface area contributed by atoms with Crippen LogP contribution in [0.2, 0.25) is 5.02 Å². The molecule has 2 aromatic heterocycles. The predicted molar refractivity (Wildman–Crippen MR) is 80.2 cm³/mol. The third-order valence-corrected chi connectivity index (χ3v) is 3.29. The minimum Gasteiger partial charge on any atom is -0.308 e. The maximum absolute atomic E-state index is 6.00. The fraction of sp³-hybridized carbons (Fsp3) is 0.500. The van der Waals surface area contributed by atoms with Gasteiger partial charge in [-0.3, -0.25) is 0 Å². The lowest BCUT2D eigenvalue weighted by Gasteiger charge is -2.20. The number of aryl methyl sites for hydroxylation is 2. The molecular weight excluding hydrogens is 274 g/mol. The average Bonchev–Trinajstić information content (AvgIpc) is 2.67. The van der Waals surface area contributed by atoms with Crippen molar-refractivity contribution < 1.29 is 0 Å². The summed E-state index contributed by atoms with van der Waals surface area (Å²) in [5, 5.41) is 8.32. The van der Waals surface area contributed by atoms with Crippen LogP contribution in [0, 0.1) is 13.8 Å². The van der Waals surface area contributed by atoms with E-state index in [4.69, 9.17) is 11.6 Å². The van der Waals surface area contributed by atoms with Crippen molar-refractivity contribution in [3.05, 3.63) is 34.4 Å². The van der Waals surface area contributed by atoms with E-state index < -0.39 is 0 Å². The van der Waals surface area contributed by atoms with Gasteiger partial charge >= 0.3 is 0 Å². The highest BCUT2D eigenvalue weighted by Crippen LogP contribution is 2.15. The Labute approximate surface area is 124 Å². The van der Waals surface area contributed by atoms with E-state index in [9.17, 15) is 0 Å². The van der Waals surface area contributed by atoms with Crippen LogP contribution in [0.3, 0.4) is 0 Å². The van der Waals surface area contributed by atoms with Crippen molar-refractivity contribution in [2.24, 2.45) is 0 Å². The summed E-state index contributed by atoms with van der Waals surface area (Å²) in [5.74, 6) is 0.539. The summed E-state index contributed by atoms with van der Waals surface area (Å²) in [6, 6.07) is 0. The Morgan fingerprint density at radius 3 is 2.45 bits per heavy atom. The molecule has 108 valence electrons. The van der Waals surface area contributed by atoms with Gasteiger partial charge in [-0.05, 0) is 34.6 Å². The van der Waals surface area contributed by atoms with E-state index in [1.807, 2.05) is 20.0 Å². The van der Waals surface area contributed by atoms with Gasteiger partial charge in [0, 0.05) is 29.5 Å². The van der Waals surface area contributed by atoms with Crippen LogP contribution in [0.4, 0.5) is 0 Å². The van der Waals surface area contributed by atoms with E-state index in [0.29, 0.717) is 11.0 Å². The number of nitrogens with zero attached hydrogens (tertiary/aromatic N) is 4. The molecule has 0 amide bonds. The Morgan fingerprint density at radius 1 is 1.25 bits per heavy atom. The number of aromatic nitrogens is 4. The van der Waals surface area contributed by atoms with E-state index in [-0.39, 0.29) is 5.54 Å². The van der Waals surface area contributed by atoms with E-state index in [1.165, 1.54) is 0 Å². The summed E-state index contributed by atoms with van der Waals surface area (Å²) in [6.45, 7) is 11.0. The monoisotopic (exact) mass is 293 g/mol. The van der Waals surface area contributed by atoms with Gasteiger partial charge in [-0.25, -0.2) is 14.6 Å². The molecule has 5 nitrogen and oxygen atoms in total. The summed E-state index contributed by atoms with van der Waals surface area (Å²) in [5.41, 5.74) is 2.86. The molecule has 0 fully saturated rings. The first-order valence-electron chi connectivity index (χ1n) is 6.56. The topological polar surface area (TPSA) is 55.6 Å². The molecule has 1 N–H and O–H groups in total. The van der Waals surface area contributed by atoms with Gasteiger partial charge < -0.3 is 5.32 Å². The first-order valence-corrected chi connectivity index (χ1v) is 6.94. The maximum Gasteiger partial charge on any atom is 0.250 e. The molecule has 0 atom stereocenters. The van der Waals surface area contributed by atoms with Crippen molar-refractivity contribution >= 4 is 11.6 Å². The van der Waals surface area contributed by atoms with Gasteiger partial charge in [0.1, 0.15) is 0 Å². The third-order valence-electron chi connectivity index (χ3n) is 2.92. The van der Waals surface area contributed by atoms with Crippen LogP contribution < -0.4 is 5.32 Å². The second kappa shape index (κ2) is 5.50. The molecule has 0 aliphatic rings. The number of nitrogens with one attached hydrogen (secondary N) is 1. The van der Waals surface area contributed by atoms with E-state index in [0.717, 1.165) is 23.5 Å². The molecule has 0 bridgehead atoms. The molecule has 20 heavy (non-hydrogen) atoms. The molecule has 0 unspecified atom stereocenters. The minimum atomic E-state index is 0.0672. The minimum absolute atomic E-state index is 0.0672. The molecule has 0 radical (unpaired) electrons. The molecular formula is C14H20ClN5. The second-order valence-electron chi connectivity index (χ2n) is 5.89. The summed E-state index contributed by atoms with van der Waals surface area (Å²) < 4.78 is 1.60. The zero-order chi connectivity index (χ0) is 14.9. The van der Waals surface area contributed by atoms with E-state index in [2.05, 4.69) is 41.2 Å². The molecule has 0 saturated heterocycles. The smallest absolute Gasteiger partial charge is 0.250 e. The SMILES string of the molecule is Cc1nn(-c2ncc(CNC(C)(C)C)c(C)n2)cc1Cl. The molecule has 0 aromatic carbocycles. The second-order valence-corrected chi connectivity index (χ2v) is 6.30. The van der Waals surface area contributed by atoms with Crippen molar-refractivity contribution in [3.63, 3.8) is 0 Å². The zero-order valence-corrected chi connectivity index (χ0v) is 13.3. The maximum atomic E-state index is 6.00. The van der Waals surface area contributed by atoms with Crippen molar-refractivity contribution in [2.45, 2.75) is 46.7 Å². The van der Waals surface area contributed by atoms with Crippen LogP contribution >= 0.6 is 11.6 Å². The average molecular weight is 294 g/mol. The number of halogens is 1. The zero-order valence-electron chi connectivity index (χ0n) is 12.5. The molecule has 0 spiro atoms. The fourth-order valence-corrected chi connectivity index (χ4v) is 1.80. The van der Waals surface area contributed by atoms with Crippen molar-refractivity contribution in [1.29, 1.82) is 0 Å². The van der Waals surface area contributed by atoms with Crippen LogP contribution in [0.5, 0.6) is 0 Å². The van der Waals surface area contributed by atoms with Crippen molar-refractivity contribution in [1.82, 2.24) is 25.1 Å². The van der Waals surface area contributed by atoms with Crippen LogP contribution in [0.25, 0.3) is 5.95 Å². The highest BCUT2D eigenvalue weighted by molar-refractivity contribution is 6.31. The molecule has 0 aliphatic heterocycles. The number of rotatable bonds is 3. The molecule has 0 saturated carbocycles. The van der Waals surface area contributed by atoms with Gasteiger partial charge in [0.25, 0.3) is 5.95 Å². The van der Waals surface area contributed by atoms with Gasteiger partial charge in [0.05, 0.1) is 16.9 Å². The van der Waals surface area contributed by atoms with Crippen molar-refractivity contribution in [2.75, 3.05) is 0 Å². The van der Waals surface area contributed by atoms with Crippen LogP contribution in [-0.2, 0) is 6.54 Å². The number of hydrogen-bond acceptors (Lipinski definition) is 4. The molecule has 2 rings (SSSR count). The summed E-state index contributed by atoms with van der Waals surface area (Å²) >= 11 is 6.00. The summed E-state index contributed by atoms with van der Waals surface area (Å²) in [7, 11) is 0. The van der Waals surface area contributed by atoms with Crippen molar-refractivity contribution in [3.8, 4) is 5.95 Å². The van der Waals surface area contributed by atoms with Gasteiger partial charge in [0.2, 0.25) is 0 Å². The summed E-state index contributed by atoms with van der Waals surface area (Å²) in [4.78, 5) is 8.84. The molecule has 0 aliphatic carbocycles. The lowest BCUT2D eigenvalue weighted by molar-refractivity contribution is 0.423. The first kappa shape index (κ1) is 14.9. The van der Waals surface area contributed by atoms with Crippen LogP contribution in [-0.4, -0.2) is 25.3 Å². The van der Waals surface area contributed by atoms with Gasteiger partial charge in [-0.1, -0.05) is 11.6 Å². The highest BCUT2D eigenvalue weighted by atomic mass is 35.5. The van der Waals surface area contributed by atoms with Gasteiger partial charge in [-0.2, -0.15) is 5.10 Å². The lowest BCUT2D eigenvalue weighted by atomic mass is 10.1. The lowest BCUT2D eigenvalue weighted by Crippen LogP contribution is -2.35. The third kappa shape index (κ3) is 3.55. The van der Waals surface area contributed by atoms with Crippen LogP contribution in [0.15, 0.2) is 12.4 Å². The Balaban J connectivity index is 2.21. The largest absolute Gasteiger partial charge is 0.308 e. The number of hydrogen-bond donors (Lipinski definition) is 1. The Hall–Kier alpha value is -1.46. The standard InChI is InChI=1S/C14H20ClN5/c1-9-11(7-17-14(3,4)5)6-16-13(18-9)20-8-12(15)10(2)19-20/h6,8,17H,7H2,1-5H3. The Morgan fingerprint density at radius 2 is 1.95 bits per heavy atom. The van der Waals surface area contributed by atoms with Crippen LogP contribution in [0.1, 0.15) is 37.7 Å². The molecule has 6 heteroatoms. The predicted octanol–water partition coefficient (Wildman–Crippen LogP) is 2.82. The van der Waals surface area contributed by atoms with Gasteiger partial charge in [0.15, 0.2) is 0 Å². The quantitative estimate of drug-likeness (QED) is 0.945. The Bertz CT molecular complexity index is 593. The van der Waals surface area contributed by atoms with Gasteiger partial charge in [-0.15, -0.1) is 0 Å². The van der Waals surface area contributed by atoms with E-state index >= 15 is 0 Å². The molecule has 2 heterocycles. The fourth-order valence-electron chi connectivity index (χ4n) is 1.67. The molecule has 2 aromatic rings. The Kier molecular flexibility index (Phi) is 4.11. The summed E-state index contributed by atoms with van der Waals surface area (Å²) in [6.07, 6.45) is 3.56. The highest BCUT2D eigenvalue weighted by Gasteiger charge is 2.12. The first-order chi connectivity index (χ1) is 9.26.